The van der Waals surface area contributed by atoms with Gasteiger partial charge in [0.2, 0.25) is 0 Å². The van der Waals surface area contributed by atoms with E-state index in [1.54, 1.807) is 18.2 Å². The summed E-state index contributed by atoms with van der Waals surface area (Å²) in [4.78, 5) is 11.6. The van der Waals surface area contributed by atoms with Crippen LogP contribution in [0.5, 0.6) is 5.75 Å². The van der Waals surface area contributed by atoms with E-state index < -0.39 is 5.91 Å². The Morgan fingerprint density at radius 1 is 1.25 bits per heavy atom. The molecule has 1 N–H and O–H groups in total. The SMILES string of the molecule is Cc1ccccc1OCc1c(Cl)cccc1C(=O)N=N. The lowest BCUT2D eigenvalue weighted by Gasteiger charge is -2.12. The third-order valence-corrected chi connectivity index (χ3v) is 3.27. The molecule has 2 rings (SSSR count). The van der Waals surface area contributed by atoms with Gasteiger partial charge in [0.15, 0.2) is 0 Å². The average molecular weight is 289 g/mol. The van der Waals surface area contributed by atoms with Crippen LogP contribution in [-0.2, 0) is 6.61 Å². The number of ether oxygens (including phenoxy) is 1. The van der Waals surface area contributed by atoms with Gasteiger partial charge in [0.25, 0.3) is 5.91 Å². The number of para-hydroxylation sites is 1. The molecule has 0 radical (unpaired) electrons. The molecular weight excluding hydrogens is 276 g/mol. The summed E-state index contributed by atoms with van der Waals surface area (Å²) < 4.78 is 5.70. The molecule has 0 heterocycles. The minimum absolute atomic E-state index is 0.154. The maximum atomic E-state index is 11.6. The van der Waals surface area contributed by atoms with Crippen LogP contribution in [0.3, 0.4) is 0 Å². The summed E-state index contributed by atoms with van der Waals surface area (Å²) in [5, 5.41) is 3.35. The van der Waals surface area contributed by atoms with Gasteiger partial charge in [0.05, 0.1) is 5.56 Å². The van der Waals surface area contributed by atoms with Crippen LogP contribution in [0, 0.1) is 12.5 Å². The van der Waals surface area contributed by atoms with Gasteiger partial charge in [-0.15, -0.1) is 5.11 Å². The summed E-state index contributed by atoms with van der Waals surface area (Å²) in [6.45, 7) is 2.09. The highest BCUT2D eigenvalue weighted by molar-refractivity contribution is 6.31. The number of benzene rings is 2. The van der Waals surface area contributed by atoms with Gasteiger partial charge in [0, 0.05) is 10.6 Å². The van der Waals surface area contributed by atoms with Crippen LogP contribution in [0.2, 0.25) is 5.02 Å². The zero-order valence-corrected chi connectivity index (χ0v) is 11.6. The van der Waals surface area contributed by atoms with Crippen molar-refractivity contribution in [3.05, 3.63) is 64.2 Å². The van der Waals surface area contributed by atoms with Gasteiger partial charge < -0.3 is 4.74 Å². The monoisotopic (exact) mass is 288 g/mol. The third kappa shape index (κ3) is 3.03. The first-order valence-electron chi connectivity index (χ1n) is 6.01. The molecular formula is C15H13ClN2O2. The summed E-state index contributed by atoms with van der Waals surface area (Å²) >= 11 is 6.10. The Hall–Kier alpha value is -2.20. The fraction of sp³-hybridized carbons (Fsp3) is 0.133. The standard InChI is InChI=1S/C15H13ClN2O2/c1-10-5-2-3-8-14(10)20-9-12-11(15(19)18-17)6-4-7-13(12)16/h2-8,17H,9H2,1H3. The Bertz CT molecular complexity index is 656. The molecule has 0 aliphatic carbocycles. The first-order chi connectivity index (χ1) is 9.63. The molecule has 2 aromatic carbocycles. The number of carbonyl (C=O) groups excluding carboxylic acids is 1. The zero-order chi connectivity index (χ0) is 14.5. The molecule has 20 heavy (non-hydrogen) atoms. The maximum Gasteiger partial charge on any atom is 0.295 e. The molecule has 2 aromatic rings. The summed E-state index contributed by atoms with van der Waals surface area (Å²) in [5.74, 6) is 0.101. The van der Waals surface area contributed by atoms with E-state index in [4.69, 9.17) is 21.9 Å². The van der Waals surface area contributed by atoms with Gasteiger partial charge in [0.1, 0.15) is 12.4 Å². The lowest BCUT2D eigenvalue weighted by Crippen LogP contribution is -2.05. The second-order valence-corrected chi connectivity index (χ2v) is 4.64. The van der Waals surface area contributed by atoms with E-state index in [2.05, 4.69) is 5.11 Å². The Balaban J connectivity index is 2.27. The van der Waals surface area contributed by atoms with Crippen LogP contribution in [0.15, 0.2) is 47.6 Å². The predicted octanol–water partition coefficient (Wildman–Crippen LogP) is 4.40. The van der Waals surface area contributed by atoms with Crippen LogP contribution < -0.4 is 4.74 Å². The number of nitrogens with one attached hydrogen (secondary N) is 1. The van der Waals surface area contributed by atoms with Crippen molar-refractivity contribution in [2.24, 2.45) is 5.11 Å². The smallest absolute Gasteiger partial charge is 0.295 e. The topological polar surface area (TPSA) is 62.5 Å². The molecule has 0 saturated carbocycles. The summed E-state index contributed by atoms with van der Waals surface area (Å²) in [6.07, 6.45) is 0. The van der Waals surface area contributed by atoms with E-state index >= 15 is 0 Å². The van der Waals surface area contributed by atoms with Crippen molar-refractivity contribution < 1.29 is 9.53 Å². The van der Waals surface area contributed by atoms with Crippen LogP contribution in [-0.4, -0.2) is 5.91 Å². The molecule has 0 atom stereocenters. The van der Waals surface area contributed by atoms with E-state index in [1.165, 1.54) is 0 Å². The predicted molar refractivity (Wildman–Crippen MR) is 76.4 cm³/mol. The second kappa shape index (κ2) is 6.30. The van der Waals surface area contributed by atoms with Gasteiger partial charge in [-0.2, -0.15) is 0 Å². The summed E-state index contributed by atoms with van der Waals surface area (Å²) in [7, 11) is 0. The molecule has 0 bridgehead atoms. The number of rotatable bonds is 4. The van der Waals surface area contributed by atoms with Gasteiger partial charge in [-0.05, 0) is 30.7 Å². The van der Waals surface area contributed by atoms with E-state index in [0.29, 0.717) is 16.1 Å². The number of amides is 1. The van der Waals surface area contributed by atoms with E-state index in [9.17, 15) is 4.79 Å². The number of hydrogen-bond acceptors (Lipinski definition) is 3. The largest absolute Gasteiger partial charge is 0.489 e. The molecule has 0 aliphatic rings. The fourth-order valence-electron chi connectivity index (χ4n) is 1.83. The number of aryl methyl sites for hydroxylation is 1. The van der Waals surface area contributed by atoms with Gasteiger partial charge in [-0.25, -0.2) is 5.53 Å². The molecule has 102 valence electrons. The minimum atomic E-state index is -0.629. The summed E-state index contributed by atoms with van der Waals surface area (Å²) in [5.41, 5.74) is 8.67. The molecule has 0 saturated heterocycles. The summed E-state index contributed by atoms with van der Waals surface area (Å²) in [6, 6.07) is 12.5. The number of nitrogens with zero attached hydrogens (tertiary/aromatic N) is 1. The van der Waals surface area contributed by atoms with Crippen LogP contribution >= 0.6 is 11.6 Å². The first-order valence-corrected chi connectivity index (χ1v) is 6.39. The molecule has 0 aliphatic heterocycles. The van der Waals surface area contributed by atoms with Crippen molar-refractivity contribution >= 4 is 17.5 Å². The Morgan fingerprint density at radius 2 is 2.00 bits per heavy atom. The molecule has 0 spiro atoms. The van der Waals surface area contributed by atoms with Gasteiger partial charge >= 0.3 is 0 Å². The normalized spacial score (nSPS) is 10.1. The molecule has 0 unspecified atom stereocenters. The van der Waals surface area contributed by atoms with Crippen molar-refractivity contribution in [2.75, 3.05) is 0 Å². The molecule has 0 aromatic heterocycles. The van der Waals surface area contributed by atoms with E-state index in [0.717, 1.165) is 11.3 Å². The fourth-order valence-corrected chi connectivity index (χ4v) is 2.06. The molecule has 0 fully saturated rings. The average Bonchev–Trinajstić information content (AvgIpc) is 2.46. The Morgan fingerprint density at radius 3 is 2.70 bits per heavy atom. The Labute approximate surface area is 121 Å². The lowest BCUT2D eigenvalue weighted by atomic mass is 10.1. The highest BCUT2D eigenvalue weighted by Crippen LogP contribution is 2.24. The van der Waals surface area contributed by atoms with Gasteiger partial charge in [-0.1, -0.05) is 35.9 Å². The van der Waals surface area contributed by atoms with Crippen LogP contribution in [0.25, 0.3) is 0 Å². The zero-order valence-electron chi connectivity index (χ0n) is 10.9. The number of carbonyl (C=O) groups is 1. The molecule has 1 amide bonds. The van der Waals surface area contributed by atoms with E-state index in [-0.39, 0.29) is 6.61 Å². The molecule has 5 heteroatoms. The number of hydrogen-bond donors (Lipinski definition) is 1. The minimum Gasteiger partial charge on any atom is -0.489 e. The van der Waals surface area contributed by atoms with Crippen LogP contribution in [0.4, 0.5) is 0 Å². The highest BCUT2D eigenvalue weighted by Gasteiger charge is 2.14. The number of halogens is 1. The second-order valence-electron chi connectivity index (χ2n) is 4.24. The van der Waals surface area contributed by atoms with Gasteiger partial charge in [-0.3, -0.25) is 4.79 Å². The third-order valence-electron chi connectivity index (χ3n) is 2.92. The quantitative estimate of drug-likeness (QED) is 0.848. The first kappa shape index (κ1) is 14.2. The van der Waals surface area contributed by atoms with Crippen molar-refractivity contribution in [1.29, 1.82) is 5.53 Å². The van der Waals surface area contributed by atoms with Crippen molar-refractivity contribution in [2.45, 2.75) is 13.5 Å². The lowest BCUT2D eigenvalue weighted by molar-refractivity contribution is 0.0988. The maximum absolute atomic E-state index is 11.6. The highest BCUT2D eigenvalue weighted by atomic mass is 35.5. The van der Waals surface area contributed by atoms with Crippen molar-refractivity contribution in [1.82, 2.24) is 0 Å². The van der Waals surface area contributed by atoms with Crippen molar-refractivity contribution in [3.8, 4) is 5.75 Å². The Kier molecular flexibility index (Phi) is 4.48. The van der Waals surface area contributed by atoms with E-state index in [1.807, 2.05) is 31.2 Å². The van der Waals surface area contributed by atoms with Crippen molar-refractivity contribution in [3.63, 3.8) is 0 Å². The molecule has 4 nitrogen and oxygen atoms in total. The van der Waals surface area contributed by atoms with Crippen LogP contribution in [0.1, 0.15) is 21.5 Å².